The third kappa shape index (κ3) is 61.6. The van der Waals surface area contributed by atoms with Gasteiger partial charge in [-0.05, 0) is 43.4 Å². The Morgan fingerprint density at radius 2 is 0.580 bits per heavy atom. The highest BCUT2D eigenvalue weighted by molar-refractivity contribution is 7.47. The number of phosphoric ester groups is 2. The van der Waals surface area contributed by atoms with Crippen LogP contribution in [0.4, 0.5) is 0 Å². The predicted molar refractivity (Wildman–Crippen MR) is 354 cm³/mol. The minimum Gasteiger partial charge on any atom is -0.462 e. The van der Waals surface area contributed by atoms with Crippen LogP contribution in [0.25, 0.3) is 0 Å². The molecule has 0 aliphatic rings. The monoisotopic (exact) mass is 1300 g/mol. The van der Waals surface area contributed by atoms with Crippen molar-refractivity contribution in [2.45, 2.75) is 362 Å². The third-order valence-electron chi connectivity index (χ3n) is 16.2. The Morgan fingerprint density at radius 1 is 0.330 bits per heavy atom. The number of aliphatic hydroxyl groups excluding tert-OH is 1. The van der Waals surface area contributed by atoms with E-state index in [0.29, 0.717) is 31.6 Å². The van der Waals surface area contributed by atoms with Gasteiger partial charge in [-0.2, -0.15) is 0 Å². The third-order valence-corrected chi connectivity index (χ3v) is 18.1. The molecule has 0 aromatic heterocycles. The highest BCUT2D eigenvalue weighted by Gasteiger charge is 2.30. The van der Waals surface area contributed by atoms with Gasteiger partial charge < -0.3 is 33.8 Å². The second-order valence-corrected chi connectivity index (χ2v) is 29.0. The maximum atomic E-state index is 13.0. The van der Waals surface area contributed by atoms with E-state index in [4.69, 9.17) is 37.0 Å². The largest absolute Gasteiger partial charge is 0.472 e. The van der Waals surface area contributed by atoms with Crippen molar-refractivity contribution in [1.29, 1.82) is 0 Å². The number of carbonyl (C=O) groups is 4. The van der Waals surface area contributed by atoms with Gasteiger partial charge in [0.1, 0.15) is 19.3 Å². The van der Waals surface area contributed by atoms with Gasteiger partial charge in [0.15, 0.2) is 12.2 Å². The number of aliphatic hydroxyl groups is 1. The second kappa shape index (κ2) is 60.0. The summed E-state index contributed by atoms with van der Waals surface area (Å²) < 4.78 is 68.2. The summed E-state index contributed by atoms with van der Waals surface area (Å²) >= 11 is 0. The Hall–Kier alpha value is -1.94. The average molecular weight is 1300 g/mol. The van der Waals surface area contributed by atoms with Crippen molar-refractivity contribution in [2.75, 3.05) is 39.6 Å². The summed E-state index contributed by atoms with van der Waals surface area (Å²) in [5.74, 6) is 0.0701. The van der Waals surface area contributed by atoms with E-state index in [1.165, 1.54) is 148 Å². The summed E-state index contributed by atoms with van der Waals surface area (Å²) in [7, 11) is -9.90. The van der Waals surface area contributed by atoms with Gasteiger partial charge >= 0.3 is 39.5 Å². The SMILES string of the molecule is CCCCCCCCCCCCCC(=O)OC[C@H](COP(=O)(O)OC[C@@H](O)COP(=O)(O)OC[C@@H](COC(=O)CCCCCCCCC(C)C)OC(=O)CCCCCCCCC(C)CC)OC(=O)CCCCCCCCCCCCCCCCCC(C)C. The molecular weight excluding hydrogens is 1160 g/mol. The molecule has 0 spiro atoms. The summed E-state index contributed by atoms with van der Waals surface area (Å²) in [4.78, 5) is 72.4. The number of ether oxygens (including phenoxy) is 4. The fourth-order valence-corrected chi connectivity index (χ4v) is 11.9. The molecule has 0 fully saturated rings. The number of esters is 4. The highest BCUT2D eigenvalue weighted by Crippen LogP contribution is 2.45. The molecule has 3 N–H and O–H groups in total. The van der Waals surface area contributed by atoms with Crippen molar-refractivity contribution in [3.63, 3.8) is 0 Å². The number of rotatable bonds is 67. The molecule has 0 aromatic rings. The zero-order valence-electron chi connectivity index (χ0n) is 57.2. The molecule has 0 rings (SSSR count). The van der Waals surface area contributed by atoms with Gasteiger partial charge in [-0.25, -0.2) is 9.13 Å². The van der Waals surface area contributed by atoms with Crippen molar-refractivity contribution in [3.8, 4) is 0 Å². The van der Waals surface area contributed by atoms with E-state index in [9.17, 15) is 43.2 Å². The Morgan fingerprint density at radius 3 is 0.864 bits per heavy atom. The lowest BCUT2D eigenvalue weighted by Gasteiger charge is -2.21. The zero-order valence-corrected chi connectivity index (χ0v) is 59.0. The first-order chi connectivity index (χ1) is 42.3. The Labute approximate surface area is 537 Å². The van der Waals surface area contributed by atoms with E-state index in [2.05, 4.69) is 48.5 Å². The molecule has 0 aliphatic carbocycles. The molecule has 0 saturated heterocycles. The number of carbonyl (C=O) groups excluding carboxylic acids is 4. The molecule has 522 valence electrons. The number of unbranched alkanes of at least 4 members (excludes halogenated alkanes) is 34. The van der Waals surface area contributed by atoms with Crippen LogP contribution in [0, 0.1) is 17.8 Å². The lowest BCUT2D eigenvalue weighted by atomic mass is 10.00. The van der Waals surface area contributed by atoms with E-state index < -0.39 is 97.5 Å². The first-order valence-electron chi connectivity index (χ1n) is 35.9. The van der Waals surface area contributed by atoms with Crippen LogP contribution in [0.3, 0.4) is 0 Å². The molecule has 0 bridgehead atoms. The summed E-state index contributed by atoms with van der Waals surface area (Å²) in [6, 6.07) is 0. The molecule has 3 unspecified atom stereocenters. The van der Waals surface area contributed by atoms with E-state index in [0.717, 1.165) is 108 Å². The average Bonchev–Trinajstić information content (AvgIpc) is 3.60. The fraction of sp³-hybridized carbons (Fsp3) is 0.942. The van der Waals surface area contributed by atoms with Crippen LogP contribution < -0.4 is 0 Å². The van der Waals surface area contributed by atoms with Crippen molar-refractivity contribution in [2.24, 2.45) is 17.8 Å². The number of phosphoric acid groups is 2. The van der Waals surface area contributed by atoms with Crippen molar-refractivity contribution < 1.29 is 80.2 Å². The maximum Gasteiger partial charge on any atom is 0.472 e. The fourth-order valence-electron chi connectivity index (χ4n) is 10.3. The molecule has 19 heteroatoms. The minimum atomic E-state index is -4.95. The van der Waals surface area contributed by atoms with Crippen molar-refractivity contribution >= 4 is 39.5 Å². The zero-order chi connectivity index (χ0) is 65.2. The van der Waals surface area contributed by atoms with Gasteiger partial charge in [-0.15, -0.1) is 0 Å². The number of hydrogen-bond donors (Lipinski definition) is 3. The smallest absolute Gasteiger partial charge is 0.462 e. The van der Waals surface area contributed by atoms with Gasteiger partial charge in [0.2, 0.25) is 0 Å². The van der Waals surface area contributed by atoms with Crippen molar-refractivity contribution in [1.82, 2.24) is 0 Å². The van der Waals surface area contributed by atoms with Gasteiger partial charge in [-0.1, -0.05) is 292 Å². The topological polar surface area (TPSA) is 237 Å². The quantitative estimate of drug-likeness (QED) is 0.0222. The molecule has 0 saturated carbocycles. The molecule has 0 aromatic carbocycles. The minimum absolute atomic E-state index is 0.102. The summed E-state index contributed by atoms with van der Waals surface area (Å²) in [5.41, 5.74) is 0. The standard InChI is InChI=1S/C69H134O17P2/c1-8-10-11-12-13-14-20-24-27-36-43-50-66(71)79-56-64(85-68(73)52-45-38-28-25-22-19-17-15-16-18-21-23-26-33-40-47-60(3)4)58-83-87(75,76)81-54-63(70)55-82-88(77,78)84-59-65(57-80-67(72)51-44-37-31-29-34-41-48-61(5)6)86-69(74)53-46-39-32-30-35-42-49-62(7)9-2/h60-65,70H,8-59H2,1-7H3,(H,75,76)(H,77,78)/t62?,63-,64-,65-/m1/s1. The van der Waals surface area contributed by atoms with Crippen LogP contribution in [0.1, 0.15) is 344 Å². The van der Waals surface area contributed by atoms with Crippen molar-refractivity contribution in [3.05, 3.63) is 0 Å². The van der Waals surface area contributed by atoms with Gasteiger partial charge in [-0.3, -0.25) is 37.3 Å². The van der Waals surface area contributed by atoms with E-state index >= 15 is 0 Å². The van der Waals surface area contributed by atoms with Crippen LogP contribution in [-0.2, 0) is 65.4 Å². The molecule has 88 heavy (non-hydrogen) atoms. The van der Waals surface area contributed by atoms with Gasteiger partial charge in [0.05, 0.1) is 26.4 Å². The van der Waals surface area contributed by atoms with Crippen LogP contribution in [0.15, 0.2) is 0 Å². The normalized spacial score (nSPS) is 14.5. The molecule has 6 atom stereocenters. The predicted octanol–water partition coefficient (Wildman–Crippen LogP) is 19.5. The Kier molecular flexibility index (Phi) is 58.7. The van der Waals surface area contributed by atoms with E-state index in [-0.39, 0.29) is 25.7 Å². The molecule has 17 nitrogen and oxygen atoms in total. The van der Waals surface area contributed by atoms with E-state index in [1.807, 2.05) is 0 Å². The van der Waals surface area contributed by atoms with Gasteiger partial charge in [0, 0.05) is 25.7 Å². The Bertz CT molecular complexity index is 1730. The Balaban J connectivity index is 5.21. The number of hydrogen-bond acceptors (Lipinski definition) is 15. The molecule has 0 radical (unpaired) electrons. The molecule has 0 aliphatic heterocycles. The van der Waals surface area contributed by atoms with Crippen LogP contribution in [-0.4, -0.2) is 96.7 Å². The first kappa shape index (κ1) is 86.1. The van der Waals surface area contributed by atoms with Crippen LogP contribution in [0.5, 0.6) is 0 Å². The second-order valence-electron chi connectivity index (χ2n) is 26.1. The van der Waals surface area contributed by atoms with Crippen LogP contribution in [0.2, 0.25) is 0 Å². The van der Waals surface area contributed by atoms with Gasteiger partial charge in [0.25, 0.3) is 0 Å². The lowest BCUT2D eigenvalue weighted by molar-refractivity contribution is -0.161. The summed E-state index contributed by atoms with van der Waals surface area (Å²) in [6.45, 7) is 11.7. The summed E-state index contributed by atoms with van der Waals surface area (Å²) in [5, 5.41) is 10.6. The molecular formula is C69H134O17P2. The maximum absolute atomic E-state index is 13.0. The lowest BCUT2D eigenvalue weighted by Crippen LogP contribution is -2.30. The molecule has 0 amide bonds. The van der Waals surface area contributed by atoms with E-state index in [1.54, 1.807) is 0 Å². The summed E-state index contributed by atoms with van der Waals surface area (Å²) in [6.07, 6.45) is 43.3. The van der Waals surface area contributed by atoms with Crippen LogP contribution >= 0.6 is 15.6 Å². The highest BCUT2D eigenvalue weighted by atomic mass is 31.2. The first-order valence-corrected chi connectivity index (χ1v) is 38.9. The molecule has 0 heterocycles.